The molecule has 0 aromatic rings. The number of rotatable bonds is 2. The lowest BCUT2D eigenvalue weighted by molar-refractivity contribution is 0.227. The second kappa shape index (κ2) is 4.02. The SMILES string of the molecule is C#CCC1(CCl)CCCCC1. The molecule has 0 bridgehead atoms. The highest BCUT2D eigenvalue weighted by atomic mass is 35.5. The van der Waals surface area contributed by atoms with Crippen molar-refractivity contribution in [3.05, 3.63) is 0 Å². The van der Waals surface area contributed by atoms with E-state index in [4.69, 9.17) is 18.0 Å². The van der Waals surface area contributed by atoms with Gasteiger partial charge in [-0.15, -0.1) is 23.9 Å². The Morgan fingerprint density at radius 1 is 1.27 bits per heavy atom. The third-order valence-electron chi connectivity index (χ3n) is 2.67. The van der Waals surface area contributed by atoms with Crippen LogP contribution in [-0.2, 0) is 0 Å². The van der Waals surface area contributed by atoms with Crippen molar-refractivity contribution in [2.24, 2.45) is 5.41 Å². The number of hydrogen-bond donors (Lipinski definition) is 0. The number of halogens is 1. The third-order valence-corrected chi connectivity index (χ3v) is 3.24. The number of hydrogen-bond acceptors (Lipinski definition) is 0. The molecule has 0 nitrogen and oxygen atoms in total. The molecule has 62 valence electrons. The fourth-order valence-electron chi connectivity index (χ4n) is 1.88. The highest BCUT2D eigenvalue weighted by molar-refractivity contribution is 6.18. The van der Waals surface area contributed by atoms with E-state index in [0.29, 0.717) is 5.41 Å². The van der Waals surface area contributed by atoms with Crippen LogP contribution in [0, 0.1) is 17.8 Å². The molecule has 0 saturated heterocycles. The van der Waals surface area contributed by atoms with E-state index in [1.165, 1.54) is 32.1 Å². The highest BCUT2D eigenvalue weighted by Gasteiger charge is 2.29. The molecule has 0 heterocycles. The molecule has 1 aliphatic carbocycles. The van der Waals surface area contributed by atoms with Gasteiger partial charge >= 0.3 is 0 Å². The Bertz CT molecular complexity index is 149. The standard InChI is InChI=1S/C10H15Cl/c1-2-6-10(9-11)7-4-3-5-8-10/h1H,3-9H2. The van der Waals surface area contributed by atoms with Crippen LogP contribution >= 0.6 is 11.6 Å². The van der Waals surface area contributed by atoms with Gasteiger partial charge < -0.3 is 0 Å². The summed E-state index contributed by atoms with van der Waals surface area (Å²) in [4.78, 5) is 0. The molecule has 1 aliphatic rings. The van der Waals surface area contributed by atoms with E-state index in [2.05, 4.69) is 5.92 Å². The van der Waals surface area contributed by atoms with Crippen LogP contribution in [0.1, 0.15) is 38.5 Å². The predicted molar refractivity (Wildman–Crippen MR) is 49.7 cm³/mol. The Balaban J connectivity index is 2.51. The van der Waals surface area contributed by atoms with Crippen LogP contribution in [0.15, 0.2) is 0 Å². The first-order valence-corrected chi connectivity index (χ1v) is 4.86. The second-order valence-electron chi connectivity index (χ2n) is 3.58. The van der Waals surface area contributed by atoms with Gasteiger partial charge in [0, 0.05) is 12.3 Å². The van der Waals surface area contributed by atoms with Crippen molar-refractivity contribution in [1.29, 1.82) is 0 Å². The Kier molecular flexibility index (Phi) is 3.27. The topological polar surface area (TPSA) is 0 Å². The van der Waals surface area contributed by atoms with Gasteiger partial charge in [0.25, 0.3) is 0 Å². The van der Waals surface area contributed by atoms with Gasteiger partial charge in [0.1, 0.15) is 0 Å². The predicted octanol–water partition coefficient (Wildman–Crippen LogP) is 3.20. The average Bonchev–Trinajstić information content (AvgIpc) is 2.07. The van der Waals surface area contributed by atoms with Gasteiger partial charge in [0.05, 0.1) is 0 Å². The van der Waals surface area contributed by atoms with Crippen molar-refractivity contribution in [3.8, 4) is 12.3 Å². The molecule has 0 N–H and O–H groups in total. The molecule has 0 amide bonds. The lowest BCUT2D eigenvalue weighted by Gasteiger charge is -2.33. The molecule has 0 unspecified atom stereocenters. The van der Waals surface area contributed by atoms with E-state index in [1.807, 2.05) is 0 Å². The molecule has 0 spiro atoms. The molecule has 1 fully saturated rings. The van der Waals surface area contributed by atoms with Crippen molar-refractivity contribution in [1.82, 2.24) is 0 Å². The molecular formula is C10H15Cl. The molecule has 1 saturated carbocycles. The fraction of sp³-hybridized carbons (Fsp3) is 0.800. The summed E-state index contributed by atoms with van der Waals surface area (Å²) in [6, 6.07) is 0. The Morgan fingerprint density at radius 3 is 2.36 bits per heavy atom. The van der Waals surface area contributed by atoms with E-state index in [1.54, 1.807) is 0 Å². The van der Waals surface area contributed by atoms with Gasteiger partial charge in [-0.3, -0.25) is 0 Å². The van der Waals surface area contributed by atoms with Crippen LogP contribution in [0.4, 0.5) is 0 Å². The monoisotopic (exact) mass is 170 g/mol. The molecular weight excluding hydrogens is 156 g/mol. The summed E-state index contributed by atoms with van der Waals surface area (Å²) in [7, 11) is 0. The first-order valence-electron chi connectivity index (χ1n) is 4.32. The van der Waals surface area contributed by atoms with Gasteiger partial charge in [-0.05, 0) is 18.3 Å². The number of alkyl halides is 1. The average molecular weight is 171 g/mol. The first-order chi connectivity index (χ1) is 5.33. The lowest BCUT2D eigenvalue weighted by atomic mass is 9.73. The third kappa shape index (κ3) is 2.14. The fourth-order valence-corrected chi connectivity index (χ4v) is 2.24. The Hall–Kier alpha value is -0.150. The second-order valence-corrected chi connectivity index (χ2v) is 3.84. The maximum Gasteiger partial charge on any atom is 0.0289 e. The van der Waals surface area contributed by atoms with Crippen LogP contribution in [0.5, 0.6) is 0 Å². The zero-order chi connectivity index (χ0) is 8.16. The van der Waals surface area contributed by atoms with Gasteiger partial charge in [0.15, 0.2) is 0 Å². The molecule has 0 aliphatic heterocycles. The zero-order valence-corrected chi connectivity index (χ0v) is 7.66. The van der Waals surface area contributed by atoms with Crippen molar-refractivity contribution in [3.63, 3.8) is 0 Å². The normalized spacial score (nSPS) is 22.5. The van der Waals surface area contributed by atoms with Gasteiger partial charge in [-0.2, -0.15) is 0 Å². The van der Waals surface area contributed by atoms with Crippen LogP contribution in [-0.4, -0.2) is 5.88 Å². The van der Waals surface area contributed by atoms with Crippen LogP contribution in [0.3, 0.4) is 0 Å². The van der Waals surface area contributed by atoms with Gasteiger partial charge in [-0.1, -0.05) is 19.3 Å². The summed E-state index contributed by atoms with van der Waals surface area (Å²) in [6.45, 7) is 0. The van der Waals surface area contributed by atoms with E-state index < -0.39 is 0 Å². The largest absolute Gasteiger partial charge is 0.126 e. The number of terminal acetylenes is 1. The zero-order valence-electron chi connectivity index (χ0n) is 6.91. The quantitative estimate of drug-likeness (QED) is 0.441. The minimum Gasteiger partial charge on any atom is -0.126 e. The van der Waals surface area contributed by atoms with Crippen LogP contribution < -0.4 is 0 Å². The molecule has 1 heteroatoms. The van der Waals surface area contributed by atoms with Gasteiger partial charge in [0.2, 0.25) is 0 Å². The van der Waals surface area contributed by atoms with Crippen molar-refractivity contribution >= 4 is 11.6 Å². The maximum atomic E-state index is 5.92. The molecule has 0 radical (unpaired) electrons. The van der Waals surface area contributed by atoms with Gasteiger partial charge in [-0.25, -0.2) is 0 Å². The molecule has 0 atom stereocenters. The van der Waals surface area contributed by atoms with E-state index >= 15 is 0 Å². The first kappa shape index (κ1) is 8.94. The minimum atomic E-state index is 0.300. The smallest absolute Gasteiger partial charge is 0.0289 e. The van der Waals surface area contributed by atoms with Crippen molar-refractivity contribution < 1.29 is 0 Å². The van der Waals surface area contributed by atoms with E-state index in [9.17, 15) is 0 Å². The minimum absolute atomic E-state index is 0.300. The summed E-state index contributed by atoms with van der Waals surface area (Å²) in [5, 5.41) is 0. The Labute approximate surface area is 74.3 Å². The Morgan fingerprint density at radius 2 is 1.91 bits per heavy atom. The summed E-state index contributed by atoms with van der Waals surface area (Å²) >= 11 is 5.92. The summed E-state index contributed by atoms with van der Waals surface area (Å²) < 4.78 is 0. The molecule has 0 aromatic carbocycles. The molecule has 11 heavy (non-hydrogen) atoms. The summed E-state index contributed by atoms with van der Waals surface area (Å²) in [5.74, 6) is 3.49. The van der Waals surface area contributed by atoms with E-state index in [0.717, 1.165) is 12.3 Å². The maximum absolute atomic E-state index is 5.92. The van der Waals surface area contributed by atoms with Crippen molar-refractivity contribution in [2.75, 3.05) is 5.88 Å². The summed E-state index contributed by atoms with van der Waals surface area (Å²) in [5.41, 5.74) is 0.300. The molecule has 1 rings (SSSR count). The van der Waals surface area contributed by atoms with Crippen LogP contribution in [0.2, 0.25) is 0 Å². The van der Waals surface area contributed by atoms with Crippen molar-refractivity contribution in [2.45, 2.75) is 38.5 Å². The highest BCUT2D eigenvalue weighted by Crippen LogP contribution is 2.39. The van der Waals surface area contributed by atoms with Crippen LogP contribution in [0.25, 0.3) is 0 Å². The summed E-state index contributed by atoms with van der Waals surface area (Å²) in [6.07, 6.45) is 12.6. The van der Waals surface area contributed by atoms with E-state index in [-0.39, 0.29) is 0 Å². The lowest BCUT2D eigenvalue weighted by Crippen LogP contribution is -2.25. The molecule has 0 aromatic heterocycles.